The maximum absolute atomic E-state index is 11.0. The molecule has 0 bridgehead atoms. The van der Waals surface area contributed by atoms with Crippen molar-refractivity contribution in [2.75, 3.05) is 0 Å². The Morgan fingerprint density at radius 1 is 0.737 bits per heavy atom. The van der Waals surface area contributed by atoms with Crippen molar-refractivity contribution in [1.82, 2.24) is 10.2 Å². The molecule has 0 aliphatic carbocycles. The maximum Gasteiger partial charge on any atom is 0.264 e. The van der Waals surface area contributed by atoms with Crippen LogP contribution in [0.2, 0.25) is 0 Å². The molecule has 92 valence electrons. The Kier molecular flexibility index (Phi) is 2.94. The Hall–Kier alpha value is -2.68. The van der Waals surface area contributed by atoms with Crippen LogP contribution in [0.4, 0.5) is 0 Å². The minimum Gasteiger partial charge on any atom is -0.268 e. The largest absolute Gasteiger partial charge is 0.268 e. The predicted molar refractivity (Wildman–Crippen MR) is 75.7 cm³/mol. The second-order valence-corrected chi connectivity index (χ2v) is 4.25. The van der Waals surface area contributed by atoms with Crippen LogP contribution in [0.25, 0.3) is 22.4 Å². The van der Waals surface area contributed by atoms with Crippen molar-refractivity contribution in [3.8, 4) is 22.4 Å². The first-order valence-corrected chi connectivity index (χ1v) is 6.04. The molecular weight excluding hydrogens is 236 g/mol. The summed E-state index contributed by atoms with van der Waals surface area (Å²) in [5.74, 6) is 0. The molecule has 1 N–H and O–H groups in total. The zero-order valence-corrected chi connectivity index (χ0v) is 10.2. The average Bonchev–Trinajstić information content (AvgIpc) is 2.49. The van der Waals surface area contributed by atoms with Crippen LogP contribution in [-0.4, -0.2) is 10.2 Å². The van der Waals surface area contributed by atoms with E-state index in [2.05, 4.69) is 34.5 Å². The molecule has 3 nitrogen and oxygen atoms in total. The molecule has 0 atom stereocenters. The number of hydrogen-bond acceptors (Lipinski definition) is 2. The lowest BCUT2D eigenvalue weighted by molar-refractivity contribution is 0.995. The van der Waals surface area contributed by atoms with E-state index in [1.165, 1.54) is 6.07 Å². The summed E-state index contributed by atoms with van der Waals surface area (Å²) in [6, 6.07) is 21.5. The molecule has 19 heavy (non-hydrogen) atoms. The molecule has 1 aromatic heterocycles. The van der Waals surface area contributed by atoms with E-state index in [4.69, 9.17) is 0 Å². The molecule has 0 unspecified atom stereocenters. The summed E-state index contributed by atoms with van der Waals surface area (Å²) >= 11 is 0. The van der Waals surface area contributed by atoms with E-state index in [0.717, 1.165) is 22.4 Å². The number of H-pyrrole nitrogens is 1. The third-order valence-electron chi connectivity index (χ3n) is 2.94. The van der Waals surface area contributed by atoms with Gasteiger partial charge in [-0.2, -0.15) is 5.10 Å². The van der Waals surface area contributed by atoms with Gasteiger partial charge in [-0.15, -0.1) is 0 Å². The number of aromatic amines is 1. The number of hydrogen-bond donors (Lipinski definition) is 1. The molecule has 0 amide bonds. The Labute approximate surface area is 110 Å². The molecule has 0 radical (unpaired) electrons. The monoisotopic (exact) mass is 248 g/mol. The van der Waals surface area contributed by atoms with E-state index in [9.17, 15) is 4.79 Å². The molecule has 0 saturated heterocycles. The Bertz CT molecular complexity index is 727. The Morgan fingerprint density at radius 2 is 1.47 bits per heavy atom. The summed E-state index contributed by atoms with van der Waals surface area (Å²) in [7, 11) is 0. The zero-order valence-electron chi connectivity index (χ0n) is 10.2. The molecule has 3 rings (SSSR count). The van der Waals surface area contributed by atoms with Gasteiger partial charge in [-0.1, -0.05) is 48.5 Å². The topological polar surface area (TPSA) is 45.8 Å². The summed E-state index contributed by atoms with van der Waals surface area (Å²) in [5.41, 5.74) is 3.85. The van der Waals surface area contributed by atoms with Gasteiger partial charge < -0.3 is 0 Å². The fraction of sp³-hybridized carbons (Fsp3) is 0. The molecule has 0 aliphatic rings. The molecular formula is C16H12N2O. The van der Waals surface area contributed by atoms with Crippen LogP contribution in [0.1, 0.15) is 0 Å². The van der Waals surface area contributed by atoms with Gasteiger partial charge in [0.25, 0.3) is 5.56 Å². The highest BCUT2D eigenvalue weighted by molar-refractivity contribution is 5.71. The first-order valence-electron chi connectivity index (χ1n) is 6.04. The van der Waals surface area contributed by atoms with E-state index in [1.54, 1.807) is 6.07 Å². The molecule has 0 saturated carbocycles. The van der Waals surface area contributed by atoms with Gasteiger partial charge in [0.1, 0.15) is 0 Å². The number of nitrogens with zero attached hydrogens (tertiary/aromatic N) is 1. The highest BCUT2D eigenvalue weighted by Gasteiger charge is 2.02. The van der Waals surface area contributed by atoms with Gasteiger partial charge >= 0.3 is 0 Å². The molecule has 0 fully saturated rings. The highest BCUT2D eigenvalue weighted by atomic mass is 16.1. The fourth-order valence-electron chi connectivity index (χ4n) is 1.99. The van der Waals surface area contributed by atoms with Crippen molar-refractivity contribution in [2.45, 2.75) is 0 Å². The fourth-order valence-corrected chi connectivity index (χ4v) is 1.99. The van der Waals surface area contributed by atoms with E-state index in [0.29, 0.717) is 0 Å². The van der Waals surface area contributed by atoms with Crippen molar-refractivity contribution in [2.24, 2.45) is 0 Å². The van der Waals surface area contributed by atoms with Crippen molar-refractivity contribution in [3.05, 3.63) is 77.1 Å². The lowest BCUT2D eigenvalue weighted by atomic mass is 10.0. The van der Waals surface area contributed by atoms with Crippen LogP contribution in [0.3, 0.4) is 0 Å². The highest BCUT2D eigenvalue weighted by Crippen LogP contribution is 2.24. The summed E-state index contributed by atoms with van der Waals surface area (Å²) in [4.78, 5) is 11.0. The van der Waals surface area contributed by atoms with Crippen molar-refractivity contribution < 1.29 is 0 Å². The van der Waals surface area contributed by atoms with Crippen LogP contribution in [0.15, 0.2) is 71.5 Å². The minimum absolute atomic E-state index is 0.192. The maximum atomic E-state index is 11.0. The van der Waals surface area contributed by atoms with E-state index in [-0.39, 0.29) is 5.56 Å². The van der Waals surface area contributed by atoms with Crippen molar-refractivity contribution in [1.29, 1.82) is 0 Å². The van der Waals surface area contributed by atoms with Gasteiger partial charge in [-0.05, 0) is 23.3 Å². The van der Waals surface area contributed by atoms with E-state index in [1.807, 2.05) is 30.3 Å². The van der Waals surface area contributed by atoms with E-state index >= 15 is 0 Å². The molecule has 0 aliphatic heterocycles. The second kappa shape index (κ2) is 4.90. The normalized spacial score (nSPS) is 10.3. The van der Waals surface area contributed by atoms with Crippen LogP contribution in [0.5, 0.6) is 0 Å². The van der Waals surface area contributed by atoms with Gasteiger partial charge in [0.05, 0.1) is 5.69 Å². The van der Waals surface area contributed by atoms with Gasteiger partial charge in [0.2, 0.25) is 0 Å². The summed E-state index contributed by atoms with van der Waals surface area (Å²) in [6.45, 7) is 0. The SMILES string of the molecule is O=c1ccc(-c2cccc(-c3ccccc3)c2)n[nH]1. The Balaban J connectivity index is 2.05. The summed E-state index contributed by atoms with van der Waals surface area (Å²) in [5, 5.41) is 6.50. The standard InChI is InChI=1S/C16H12N2O/c19-16-10-9-15(17-18-16)14-8-4-7-13(11-14)12-5-2-1-3-6-12/h1-11H,(H,18,19). The van der Waals surface area contributed by atoms with Gasteiger partial charge in [-0.3, -0.25) is 4.79 Å². The quantitative estimate of drug-likeness (QED) is 0.757. The van der Waals surface area contributed by atoms with Crippen LogP contribution in [0, 0.1) is 0 Å². The first-order chi connectivity index (χ1) is 9.33. The molecule has 0 spiro atoms. The molecule has 3 aromatic rings. The lowest BCUT2D eigenvalue weighted by Gasteiger charge is -2.04. The average molecular weight is 248 g/mol. The lowest BCUT2D eigenvalue weighted by Crippen LogP contribution is -2.05. The zero-order chi connectivity index (χ0) is 13.1. The van der Waals surface area contributed by atoms with Crippen molar-refractivity contribution in [3.63, 3.8) is 0 Å². The number of nitrogens with one attached hydrogen (secondary N) is 1. The van der Waals surface area contributed by atoms with E-state index < -0.39 is 0 Å². The smallest absolute Gasteiger partial charge is 0.264 e. The van der Waals surface area contributed by atoms with Crippen molar-refractivity contribution >= 4 is 0 Å². The van der Waals surface area contributed by atoms with Gasteiger partial charge in [0.15, 0.2) is 0 Å². The minimum atomic E-state index is -0.192. The number of benzene rings is 2. The van der Waals surface area contributed by atoms with Crippen LogP contribution < -0.4 is 5.56 Å². The third kappa shape index (κ3) is 2.45. The van der Waals surface area contributed by atoms with Crippen LogP contribution in [-0.2, 0) is 0 Å². The number of rotatable bonds is 2. The van der Waals surface area contributed by atoms with Gasteiger partial charge in [0, 0.05) is 11.6 Å². The summed E-state index contributed by atoms with van der Waals surface area (Å²) in [6.07, 6.45) is 0. The van der Waals surface area contributed by atoms with Gasteiger partial charge in [-0.25, -0.2) is 5.10 Å². The Morgan fingerprint density at radius 3 is 2.21 bits per heavy atom. The summed E-state index contributed by atoms with van der Waals surface area (Å²) < 4.78 is 0. The third-order valence-corrected chi connectivity index (χ3v) is 2.94. The molecule has 3 heteroatoms. The van der Waals surface area contributed by atoms with Crippen LogP contribution >= 0.6 is 0 Å². The molecule has 2 aromatic carbocycles. The second-order valence-electron chi connectivity index (χ2n) is 4.25. The molecule has 1 heterocycles. The number of aromatic nitrogens is 2. The first kappa shape index (κ1) is 11.4. The predicted octanol–water partition coefficient (Wildman–Crippen LogP) is 3.10.